The molecule has 0 bridgehead atoms. The molecule has 0 spiro atoms. The summed E-state index contributed by atoms with van der Waals surface area (Å²) >= 11 is 0. The highest BCUT2D eigenvalue weighted by atomic mass is 16.5. The molecule has 4 nitrogen and oxygen atoms in total. The van der Waals surface area contributed by atoms with Gasteiger partial charge in [-0.2, -0.15) is 0 Å². The first kappa shape index (κ1) is 10.5. The Bertz CT molecular complexity index is 418. The Morgan fingerprint density at radius 2 is 2.12 bits per heavy atom. The van der Waals surface area contributed by atoms with Crippen molar-refractivity contribution in [2.45, 2.75) is 25.1 Å². The smallest absolute Gasteiger partial charge is 0.413 e. The lowest BCUT2D eigenvalue weighted by Crippen LogP contribution is -2.34. The number of benzene rings is 1. The molecule has 0 unspecified atom stereocenters. The van der Waals surface area contributed by atoms with Crippen LogP contribution in [0.5, 0.6) is 0 Å². The highest BCUT2D eigenvalue weighted by Crippen LogP contribution is 2.36. The molecule has 0 aliphatic heterocycles. The Morgan fingerprint density at radius 3 is 2.69 bits per heavy atom. The Morgan fingerprint density at radius 1 is 1.44 bits per heavy atom. The summed E-state index contributed by atoms with van der Waals surface area (Å²) < 4.78 is 5.01. The highest BCUT2D eigenvalue weighted by molar-refractivity contribution is 5.69. The maximum Gasteiger partial charge on any atom is 0.413 e. The molecule has 0 radical (unpaired) electrons. The minimum absolute atomic E-state index is 0.237. The minimum Gasteiger partial charge on any atom is -0.445 e. The second-order valence-corrected chi connectivity index (χ2v) is 3.83. The summed E-state index contributed by atoms with van der Waals surface area (Å²) in [7, 11) is 0. The van der Waals surface area contributed by atoms with Crippen LogP contribution in [0.25, 0.3) is 4.85 Å². The summed E-state index contributed by atoms with van der Waals surface area (Å²) in [6.45, 7) is 7.15. The lowest BCUT2D eigenvalue weighted by Gasteiger charge is -2.07. The van der Waals surface area contributed by atoms with Gasteiger partial charge in [-0.1, -0.05) is 30.3 Å². The first-order valence-corrected chi connectivity index (χ1v) is 5.12. The van der Waals surface area contributed by atoms with Crippen LogP contribution in [-0.4, -0.2) is 11.8 Å². The Balaban J connectivity index is 1.79. The summed E-state index contributed by atoms with van der Waals surface area (Å²) in [6.07, 6.45) is 0.922. The van der Waals surface area contributed by atoms with E-state index in [0.29, 0.717) is 0 Å². The molecule has 0 atom stereocenters. The van der Waals surface area contributed by atoms with Crippen LogP contribution in [0.15, 0.2) is 30.3 Å². The lowest BCUT2D eigenvalue weighted by atomic mass is 10.2. The lowest BCUT2D eigenvalue weighted by molar-refractivity contribution is 0.136. The first-order chi connectivity index (χ1) is 7.74. The number of amides is 1. The van der Waals surface area contributed by atoms with Crippen molar-refractivity contribution in [1.82, 2.24) is 5.32 Å². The molecule has 1 aromatic rings. The number of hydrogen-bond donors (Lipinski definition) is 1. The van der Waals surface area contributed by atoms with Gasteiger partial charge in [0.15, 0.2) is 0 Å². The molecular weight excluding hydrogens is 204 g/mol. The molecule has 1 fully saturated rings. The molecule has 0 aromatic heterocycles. The number of hydrogen-bond acceptors (Lipinski definition) is 2. The first-order valence-electron chi connectivity index (χ1n) is 5.12. The van der Waals surface area contributed by atoms with Crippen LogP contribution in [0.4, 0.5) is 4.79 Å². The molecule has 1 saturated carbocycles. The Hall–Kier alpha value is -2.02. The van der Waals surface area contributed by atoms with Crippen molar-refractivity contribution < 1.29 is 9.53 Å². The van der Waals surface area contributed by atoms with E-state index in [9.17, 15) is 4.79 Å². The van der Waals surface area contributed by atoms with Crippen molar-refractivity contribution in [3.8, 4) is 0 Å². The summed E-state index contributed by atoms with van der Waals surface area (Å²) in [5.41, 5.74) is 0.263. The van der Waals surface area contributed by atoms with E-state index in [1.807, 2.05) is 30.3 Å². The van der Waals surface area contributed by atoms with Gasteiger partial charge in [-0.15, -0.1) is 0 Å². The second-order valence-electron chi connectivity index (χ2n) is 3.83. The van der Waals surface area contributed by atoms with E-state index in [-0.39, 0.29) is 6.61 Å². The Labute approximate surface area is 94.0 Å². The predicted octanol–water partition coefficient (Wildman–Crippen LogP) is 2.32. The number of carbonyl (C=O) groups excluding carboxylic acids is 1. The van der Waals surface area contributed by atoms with E-state index in [0.717, 1.165) is 18.4 Å². The number of ether oxygens (including phenoxy) is 1. The Kier molecular flexibility index (Phi) is 2.78. The van der Waals surface area contributed by atoms with Gasteiger partial charge in [-0.25, -0.2) is 16.7 Å². The average Bonchev–Trinajstić information content (AvgIpc) is 3.08. The number of alkyl carbamates (subject to hydrolysis) is 1. The van der Waals surface area contributed by atoms with Crippen LogP contribution < -0.4 is 5.32 Å². The monoisotopic (exact) mass is 216 g/mol. The van der Waals surface area contributed by atoms with E-state index in [2.05, 4.69) is 10.2 Å². The molecule has 4 heteroatoms. The maximum absolute atomic E-state index is 11.4. The number of rotatable bonds is 3. The zero-order chi connectivity index (χ0) is 11.4. The third-order valence-corrected chi connectivity index (χ3v) is 2.49. The maximum atomic E-state index is 11.4. The van der Waals surface area contributed by atoms with E-state index in [1.54, 1.807) is 0 Å². The van der Waals surface area contributed by atoms with Gasteiger partial charge in [0, 0.05) is 0 Å². The van der Waals surface area contributed by atoms with Gasteiger partial charge in [0.05, 0.1) is 12.8 Å². The molecule has 1 amide bonds. The van der Waals surface area contributed by atoms with Crippen LogP contribution in [0.1, 0.15) is 18.4 Å². The van der Waals surface area contributed by atoms with E-state index in [1.165, 1.54) is 0 Å². The zero-order valence-electron chi connectivity index (χ0n) is 8.77. The molecule has 82 valence electrons. The van der Waals surface area contributed by atoms with Gasteiger partial charge in [0.25, 0.3) is 0 Å². The fourth-order valence-corrected chi connectivity index (χ4v) is 1.33. The molecule has 0 saturated heterocycles. The molecular formula is C12H12N2O2. The van der Waals surface area contributed by atoms with E-state index >= 15 is 0 Å². The topological polar surface area (TPSA) is 42.7 Å². The number of nitrogens with one attached hydrogen (secondary N) is 1. The van der Waals surface area contributed by atoms with Crippen LogP contribution in [0.3, 0.4) is 0 Å². The SMILES string of the molecule is [C-]#[N+]C1(NC(=O)OCc2ccccc2)CC1. The van der Waals surface area contributed by atoms with Gasteiger partial charge in [0.1, 0.15) is 6.61 Å². The molecule has 1 aromatic carbocycles. The molecule has 16 heavy (non-hydrogen) atoms. The third-order valence-electron chi connectivity index (χ3n) is 2.49. The molecule has 1 N–H and O–H groups in total. The van der Waals surface area contributed by atoms with Crippen LogP contribution >= 0.6 is 0 Å². The normalized spacial score (nSPS) is 15.9. The van der Waals surface area contributed by atoms with Crippen molar-refractivity contribution >= 4 is 6.09 Å². The van der Waals surface area contributed by atoms with Crippen LogP contribution in [0.2, 0.25) is 0 Å². The summed E-state index contributed by atoms with van der Waals surface area (Å²) in [4.78, 5) is 14.7. The minimum atomic E-state index is -0.673. The fraction of sp³-hybridized carbons (Fsp3) is 0.333. The van der Waals surface area contributed by atoms with Gasteiger partial charge in [-0.05, 0) is 5.56 Å². The van der Waals surface area contributed by atoms with Crippen molar-refractivity contribution in [2.24, 2.45) is 0 Å². The molecule has 1 aliphatic rings. The van der Waals surface area contributed by atoms with Crippen molar-refractivity contribution in [3.63, 3.8) is 0 Å². The van der Waals surface area contributed by atoms with Gasteiger partial charge >= 0.3 is 11.8 Å². The van der Waals surface area contributed by atoms with Crippen molar-refractivity contribution in [2.75, 3.05) is 0 Å². The molecule has 2 rings (SSSR count). The summed E-state index contributed by atoms with van der Waals surface area (Å²) in [6, 6.07) is 9.45. The van der Waals surface area contributed by atoms with E-state index in [4.69, 9.17) is 11.3 Å². The number of nitrogens with zero attached hydrogens (tertiary/aromatic N) is 1. The van der Waals surface area contributed by atoms with Crippen molar-refractivity contribution in [1.29, 1.82) is 0 Å². The van der Waals surface area contributed by atoms with Crippen LogP contribution in [-0.2, 0) is 11.3 Å². The van der Waals surface area contributed by atoms with Crippen LogP contribution in [0, 0.1) is 6.57 Å². The average molecular weight is 216 g/mol. The zero-order valence-corrected chi connectivity index (χ0v) is 8.77. The standard InChI is InChI=1S/C12H12N2O2/c1-13-12(7-8-12)14-11(15)16-9-10-5-3-2-4-6-10/h2-6H,7-9H2,(H,14,15). The second kappa shape index (κ2) is 4.23. The predicted molar refractivity (Wildman–Crippen MR) is 58.3 cm³/mol. The third kappa shape index (κ3) is 2.51. The highest BCUT2D eigenvalue weighted by Gasteiger charge is 2.52. The largest absolute Gasteiger partial charge is 0.445 e. The van der Waals surface area contributed by atoms with Gasteiger partial charge in [-0.3, -0.25) is 4.85 Å². The fourth-order valence-electron chi connectivity index (χ4n) is 1.33. The summed E-state index contributed by atoms with van der Waals surface area (Å²) in [5, 5.41) is 2.57. The molecule has 0 heterocycles. The van der Waals surface area contributed by atoms with E-state index < -0.39 is 11.8 Å². The molecule has 1 aliphatic carbocycles. The summed E-state index contributed by atoms with van der Waals surface area (Å²) in [5.74, 6) is 0. The number of carbonyl (C=O) groups is 1. The quantitative estimate of drug-likeness (QED) is 0.788. The van der Waals surface area contributed by atoms with Gasteiger partial charge in [0.2, 0.25) is 0 Å². The van der Waals surface area contributed by atoms with Gasteiger partial charge < -0.3 is 4.74 Å². The van der Waals surface area contributed by atoms with Crippen molar-refractivity contribution in [3.05, 3.63) is 47.3 Å².